The van der Waals surface area contributed by atoms with E-state index in [0.29, 0.717) is 0 Å². The van der Waals surface area contributed by atoms with E-state index < -0.39 is 6.10 Å². The molecule has 1 rings (SSSR count). The van der Waals surface area contributed by atoms with Crippen molar-refractivity contribution < 1.29 is 14.6 Å². The number of ether oxygens (including phenoxy) is 2. The Labute approximate surface area is 129 Å². The molecule has 0 spiro atoms. The number of nitrogens with one attached hydrogen (secondary N) is 1. The largest absolute Gasteiger partial charge is 0.490 e. The van der Waals surface area contributed by atoms with Gasteiger partial charge in [0, 0.05) is 16.1 Å². The second kappa shape index (κ2) is 8.62. The van der Waals surface area contributed by atoms with E-state index in [9.17, 15) is 5.11 Å². The smallest absolute Gasteiger partial charge is 0.124 e. The predicted octanol–water partition coefficient (Wildman–Crippen LogP) is 2.89. The maximum Gasteiger partial charge on any atom is 0.124 e. The molecule has 0 fully saturated rings. The van der Waals surface area contributed by atoms with Crippen LogP contribution in [-0.4, -0.2) is 37.6 Å². The van der Waals surface area contributed by atoms with Gasteiger partial charge in [0.25, 0.3) is 0 Å². The molecule has 0 saturated heterocycles. The van der Waals surface area contributed by atoms with Gasteiger partial charge in [-0.05, 0) is 46.0 Å². The van der Waals surface area contributed by atoms with Gasteiger partial charge in [0.1, 0.15) is 18.5 Å². The first-order chi connectivity index (χ1) is 9.43. The van der Waals surface area contributed by atoms with Gasteiger partial charge < -0.3 is 19.9 Å². The van der Waals surface area contributed by atoms with E-state index in [1.54, 1.807) is 0 Å². The van der Waals surface area contributed by atoms with Gasteiger partial charge in [0.2, 0.25) is 0 Å². The quantitative estimate of drug-likeness (QED) is 0.760. The zero-order valence-electron chi connectivity index (χ0n) is 12.5. The Kier molecular flexibility index (Phi) is 7.51. The fourth-order valence-corrected chi connectivity index (χ4v) is 2.06. The maximum absolute atomic E-state index is 9.83. The molecule has 2 N–H and O–H groups in total. The summed E-state index contributed by atoms with van der Waals surface area (Å²) in [4.78, 5) is 0. The number of aliphatic hydroxyl groups excluding tert-OH is 1. The Morgan fingerprint density at radius 1 is 1.25 bits per heavy atom. The molecular formula is C15H24BrNO3. The maximum atomic E-state index is 9.83. The summed E-state index contributed by atoms with van der Waals surface area (Å²) in [6, 6.07) is 6.03. The van der Waals surface area contributed by atoms with Crippen molar-refractivity contribution >= 4 is 15.9 Å². The number of benzene rings is 1. The molecular weight excluding hydrogens is 322 g/mol. The normalized spacial score (nSPS) is 14.3. The van der Waals surface area contributed by atoms with Crippen LogP contribution in [0.4, 0.5) is 0 Å². The SMILES string of the molecule is CNC(C)c1cc(Br)ccc1OCC(O)COC(C)C. The third-order valence-electron chi connectivity index (χ3n) is 2.92. The van der Waals surface area contributed by atoms with Gasteiger partial charge >= 0.3 is 0 Å². The van der Waals surface area contributed by atoms with Gasteiger partial charge in [-0.25, -0.2) is 0 Å². The van der Waals surface area contributed by atoms with Crippen molar-refractivity contribution in [3.8, 4) is 5.75 Å². The molecule has 20 heavy (non-hydrogen) atoms. The summed E-state index contributed by atoms with van der Waals surface area (Å²) in [6.45, 7) is 6.44. The predicted molar refractivity (Wildman–Crippen MR) is 84.2 cm³/mol. The van der Waals surface area contributed by atoms with Crippen molar-refractivity contribution in [3.63, 3.8) is 0 Å². The first kappa shape index (κ1) is 17.4. The lowest BCUT2D eigenvalue weighted by molar-refractivity contribution is -0.0124. The summed E-state index contributed by atoms with van der Waals surface area (Å²) >= 11 is 3.46. The van der Waals surface area contributed by atoms with Crippen LogP contribution < -0.4 is 10.1 Å². The highest BCUT2D eigenvalue weighted by Crippen LogP contribution is 2.28. The van der Waals surface area contributed by atoms with Crippen molar-refractivity contribution in [2.24, 2.45) is 0 Å². The number of halogens is 1. The van der Waals surface area contributed by atoms with E-state index in [4.69, 9.17) is 9.47 Å². The Hall–Kier alpha value is -0.620. The fourth-order valence-electron chi connectivity index (χ4n) is 1.68. The summed E-state index contributed by atoms with van der Waals surface area (Å²) in [6.07, 6.45) is -0.518. The van der Waals surface area contributed by atoms with Gasteiger partial charge in [-0.2, -0.15) is 0 Å². The van der Waals surface area contributed by atoms with E-state index in [2.05, 4.69) is 28.2 Å². The number of rotatable bonds is 8. The van der Waals surface area contributed by atoms with Crippen LogP contribution in [0.2, 0.25) is 0 Å². The molecule has 0 aromatic heterocycles. The van der Waals surface area contributed by atoms with Crippen molar-refractivity contribution in [2.45, 2.75) is 39.0 Å². The van der Waals surface area contributed by atoms with Crippen LogP contribution >= 0.6 is 15.9 Å². The summed E-state index contributed by atoms with van der Waals surface area (Å²) in [5, 5.41) is 13.0. The molecule has 0 amide bonds. The zero-order valence-corrected chi connectivity index (χ0v) is 14.1. The zero-order chi connectivity index (χ0) is 15.1. The highest BCUT2D eigenvalue weighted by molar-refractivity contribution is 9.10. The van der Waals surface area contributed by atoms with E-state index in [1.165, 1.54) is 0 Å². The molecule has 0 heterocycles. The van der Waals surface area contributed by atoms with Crippen LogP contribution in [0.1, 0.15) is 32.4 Å². The second-order valence-corrected chi connectivity index (χ2v) is 5.96. The van der Waals surface area contributed by atoms with Crippen molar-refractivity contribution in [1.29, 1.82) is 0 Å². The standard InChI is InChI=1S/C15H24BrNO3/c1-10(2)19-8-13(18)9-20-15-6-5-12(16)7-14(15)11(3)17-4/h5-7,10-11,13,17-18H,8-9H2,1-4H3. The topological polar surface area (TPSA) is 50.7 Å². The third-order valence-corrected chi connectivity index (χ3v) is 3.42. The van der Waals surface area contributed by atoms with Crippen molar-refractivity contribution in [1.82, 2.24) is 5.32 Å². The lowest BCUT2D eigenvalue weighted by Crippen LogP contribution is -2.25. The van der Waals surface area contributed by atoms with Crippen molar-refractivity contribution in [3.05, 3.63) is 28.2 Å². The molecule has 1 aromatic rings. The second-order valence-electron chi connectivity index (χ2n) is 5.04. The van der Waals surface area contributed by atoms with Crippen LogP contribution in [0.25, 0.3) is 0 Å². The molecule has 0 aliphatic heterocycles. The molecule has 0 aliphatic rings. The Morgan fingerprint density at radius 2 is 1.95 bits per heavy atom. The summed E-state index contributed by atoms with van der Waals surface area (Å²) in [7, 11) is 1.90. The van der Waals surface area contributed by atoms with Gasteiger partial charge in [-0.1, -0.05) is 15.9 Å². The Bertz CT molecular complexity index is 412. The molecule has 0 radical (unpaired) electrons. The number of hydrogen-bond donors (Lipinski definition) is 2. The summed E-state index contributed by atoms with van der Waals surface area (Å²) < 4.78 is 12.1. The molecule has 114 valence electrons. The molecule has 2 unspecified atom stereocenters. The Morgan fingerprint density at radius 3 is 2.55 bits per heavy atom. The monoisotopic (exact) mass is 345 g/mol. The fraction of sp³-hybridized carbons (Fsp3) is 0.600. The molecule has 0 bridgehead atoms. The van der Waals surface area contributed by atoms with Crippen LogP contribution in [0, 0.1) is 0 Å². The van der Waals surface area contributed by atoms with E-state index in [-0.39, 0.29) is 25.4 Å². The molecule has 0 aliphatic carbocycles. The van der Waals surface area contributed by atoms with Gasteiger partial charge in [0.15, 0.2) is 0 Å². The number of hydrogen-bond acceptors (Lipinski definition) is 4. The average molecular weight is 346 g/mol. The number of aliphatic hydroxyl groups is 1. The highest BCUT2D eigenvalue weighted by atomic mass is 79.9. The highest BCUT2D eigenvalue weighted by Gasteiger charge is 2.13. The molecule has 2 atom stereocenters. The van der Waals surface area contributed by atoms with Gasteiger partial charge in [-0.3, -0.25) is 0 Å². The van der Waals surface area contributed by atoms with E-state index in [1.807, 2.05) is 39.1 Å². The first-order valence-corrected chi connectivity index (χ1v) is 7.62. The lowest BCUT2D eigenvalue weighted by Gasteiger charge is -2.19. The minimum atomic E-state index is -0.626. The minimum Gasteiger partial charge on any atom is -0.490 e. The van der Waals surface area contributed by atoms with Crippen LogP contribution in [0.3, 0.4) is 0 Å². The molecule has 1 aromatic carbocycles. The summed E-state index contributed by atoms with van der Waals surface area (Å²) in [5.41, 5.74) is 1.05. The van der Waals surface area contributed by atoms with Crippen LogP contribution in [0.15, 0.2) is 22.7 Å². The van der Waals surface area contributed by atoms with Gasteiger partial charge in [-0.15, -0.1) is 0 Å². The van der Waals surface area contributed by atoms with Crippen LogP contribution in [-0.2, 0) is 4.74 Å². The minimum absolute atomic E-state index is 0.109. The van der Waals surface area contributed by atoms with Crippen LogP contribution in [0.5, 0.6) is 5.75 Å². The van der Waals surface area contributed by atoms with Crippen molar-refractivity contribution in [2.75, 3.05) is 20.3 Å². The van der Waals surface area contributed by atoms with E-state index in [0.717, 1.165) is 15.8 Å². The molecule has 0 saturated carbocycles. The Balaban J connectivity index is 2.63. The molecule has 5 heteroatoms. The average Bonchev–Trinajstić information content (AvgIpc) is 2.42. The van der Waals surface area contributed by atoms with E-state index >= 15 is 0 Å². The molecule has 4 nitrogen and oxygen atoms in total. The first-order valence-electron chi connectivity index (χ1n) is 6.83. The third kappa shape index (κ3) is 5.79. The summed E-state index contributed by atoms with van der Waals surface area (Å²) in [5.74, 6) is 0.777. The van der Waals surface area contributed by atoms with Gasteiger partial charge in [0.05, 0.1) is 12.7 Å². The lowest BCUT2D eigenvalue weighted by atomic mass is 10.1.